The molecule has 0 aliphatic rings. The molecule has 3 rings (SSSR count). The molecular weight excluding hydrogens is 347 g/mol. The van der Waals surface area contributed by atoms with E-state index in [9.17, 15) is 18.0 Å². The number of alkyl halides is 3. The van der Waals surface area contributed by atoms with Crippen molar-refractivity contribution in [2.24, 2.45) is 0 Å². The number of nitrogens with zero attached hydrogens (tertiary/aromatic N) is 4. The van der Waals surface area contributed by atoms with E-state index < -0.39 is 17.6 Å². The fourth-order valence-electron chi connectivity index (χ4n) is 2.14. The largest absolute Gasteiger partial charge is 0.416 e. The third-order valence-electron chi connectivity index (χ3n) is 3.39. The van der Waals surface area contributed by atoms with Crippen molar-refractivity contribution < 1.29 is 18.0 Å². The Morgan fingerprint density at radius 2 is 1.88 bits per heavy atom. The van der Waals surface area contributed by atoms with E-state index in [1.807, 2.05) is 0 Å². The van der Waals surface area contributed by atoms with Gasteiger partial charge in [0, 0.05) is 11.8 Å². The number of carbonyl (C=O) groups excluding carboxylic acids is 1. The second-order valence-corrected chi connectivity index (χ2v) is 5.25. The van der Waals surface area contributed by atoms with Gasteiger partial charge in [-0.2, -0.15) is 13.2 Å². The molecule has 1 amide bonds. The number of benzene rings is 2. The van der Waals surface area contributed by atoms with E-state index in [0.717, 1.165) is 12.1 Å². The highest BCUT2D eigenvalue weighted by Gasteiger charge is 2.29. The predicted molar refractivity (Wildman–Crippen MR) is 88.3 cm³/mol. The Bertz CT molecular complexity index is 918. The van der Waals surface area contributed by atoms with Gasteiger partial charge in [0.05, 0.1) is 11.3 Å². The van der Waals surface area contributed by atoms with E-state index in [2.05, 4.69) is 20.8 Å². The number of tetrazole rings is 1. The molecule has 0 spiro atoms. The number of anilines is 1. The molecule has 1 N–H and O–H groups in total. The third kappa shape index (κ3) is 4.32. The molecule has 0 unspecified atom stereocenters. The molecule has 1 heterocycles. The number of aromatic nitrogens is 4. The van der Waals surface area contributed by atoms with Crippen LogP contribution in [0, 0.1) is 0 Å². The van der Waals surface area contributed by atoms with Gasteiger partial charge in [-0.15, -0.1) is 5.10 Å². The lowest BCUT2D eigenvalue weighted by molar-refractivity contribution is -0.137. The van der Waals surface area contributed by atoms with Crippen molar-refractivity contribution >= 4 is 17.7 Å². The lowest BCUT2D eigenvalue weighted by atomic mass is 10.1. The summed E-state index contributed by atoms with van der Waals surface area (Å²) < 4.78 is 39.0. The molecule has 6 nitrogen and oxygen atoms in total. The normalized spacial score (nSPS) is 11.7. The van der Waals surface area contributed by atoms with Crippen LogP contribution in [0.3, 0.4) is 0 Å². The van der Waals surface area contributed by atoms with Crippen molar-refractivity contribution in [3.8, 4) is 5.69 Å². The highest BCUT2D eigenvalue weighted by atomic mass is 19.4. The zero-order valence-corrected chi connectivity index (χ0v) is 13.2. The van der Waals surface area contributed by atoms with Crippen LogP contribution in [0.2, 0.25) is 0 Å². The van der Waals surface area contributed by atoms with Crippen LogP contribution in [0.25, 0.3) is 11.8 Å². The van der Waals surface area contributed by atoms with E-state index in [1.54, 1.807) is 24.3 Å². The Labute approximate surface area is 146 Å². The van der Waals surface area contributed by atoms with Gasteiger partial charge in [-0.1, -0.05) is 18.2 Å². The van der Waals surface area contributed by atoms with Gasteiger partial charge >= 0.3 is 6.18 Å². The Morgan fingerprint density at radius 1 is 1.12 bits per heavy atom. The van der Waals surface area contributed by atoms with Crippen LogP contribution in [0.4, 0.5) is 18.9 Å². The second-order valence-electron chi connectivity index (χ2n) is 5.25. The maximum absolute atomic E-state index is 12.5. The van der Waals surface area contributed by atoms with Crippen molar-refractivity contribution in [3.63, 3.8) is 0 Å². The molecule has 0 saturated heterocycles. The van der Waals surface area contributed by atoms with E-state index in [1.165, 1.54) is 35.3 Å². The molecule has 0 saturated carbocycles. The van der Waals surface area contributed by atoms with Crippen molar-refractivity contribution in [3.05, 3.63) is 72.1 Å². The minimum atomic E-state index is -4.38. The SMILES string of the molecule is O=C(/C=C/c1ccc(C(F)(F)F)cc1)Nc1cccc(-n2cnnn2)c1. The van der Waals surface area contributed by atoms with Gasteiger partial charge in [0.1, 0.15) is 6.33 Å². The lowest BCUT2D eigenvalue weighted by Crippen LogP contribution is -2.08. The number of carbonyl (C=O) groups is 1. The first-order chi connectivity index (χ1) is 12.4. The highest BCUT2D eigenvalue weighted by molar-refractivity contribution is 6.02. The van der Waals surface area contributed by atoms with Crippen LogP contribution in [-0.2, 0) is 11.0 Å². The standard InChI is InChI=1S/C17H12F3N5O/c18-17(19,20)13-7-4-12(5-8-13)6-9-16(26)22-14-2-1-3-15(10-14)25-11-21-23-24-25/h1-11H,(H,22,26)/b9-6+. The minimum absolute atomic E-state index is 0.418. The molecule has 9 heteroatoms. The van der Waals surface area contributed by atoms with Gasteiger partial charge in [0.2, 0.25) is 5.91 Å². The highest BCUT2D eigenvalue weighted by Crippen LogP contribution is 2.29. The van der Waals surface area contributed by atoms with Crippen LogP contribution in [-0.4, -0.2) is 26.1 Å². The lowest BCUT2D eigenvalue weighted by Gasteiger charge is -2.06. The monoisotopic (exact) mass is 359 g/mol. The Hall–Kier alpha value is -3.49. The van der Waals surface area contributed by atoms with Crippen molar-refractivity contribution in [1.29, 1.82) is 0 Å². The minimum Gasteiger partial charge on any atom is -0.322 e. The first-order valence-corrected chi connectivity index (χ1v) is 7.41. The molecule has 0 atom stereocenters. The van der Waals surface area contributed by atoms with Gasteiger partial charge in [-0.3, -0.25) is 4.79 Å². The summed E-state index contributed by atoms with van der Waals surface area (Å²) in [6.45, 7) is 0. The zero-order chi connectivity index (χ0) is 18.6. The first-order valence-electron chi connectivity index (χ1n) is 7.41. The number of amides is 1. The molecule has 3 aromatic rings. The third-order valence-corrected chi connectivity index (χ3v) is 3.39. The van der Waals surface area contributed by atoms with Crippen LogP contribution in [0.5, 0.6) is 0 Å². The van der Waals surface area contributed by atoms with E-state index in [-0.39, 0.29) is 0 Å². The summed E-state index contributed by atoms with van der Waals surface area (Å²) in [5.41, 5.74) is 0.939. The molecule has 0 aliphatic heterocycles. The molecule has 2 aromatic carbocycles. The molecule has 0 radical (unpaired) electrons. The smallest absolute Gasteiger partial charge is 0.322 e. The van der Waals surface area contributed by atoms with E-state index in [0.29, 0.717) is 16.9 Å². The van der Waals surface area contributed by atoms with Crippen LogP contribution in [0.1, 0.15) is 11.1 Å². The van der Waals surface area contributed by atoms with Gasteiger partial charge in [0.25, 0.3) is 0 Å². The summed E-state index contributed by atoms with van der Waals surface area (Å²) in [5.74, 6) is -0.418. The predicted octanol–water partition coefficient (Wildman–Crippen LogP) is 3.33. The molecule has 0 bridgehead atoms. The van der Waals surface area contributed by atoms with Gasteiger partial charge in [-0.25, -0.2) is 4.68 Å². The summed E-state index contributed by atoms with van der Waals surface area (Å²) in [7, 11) is 0. The second kappa shape index (κ2) is 7.18. The van der Waals surface area contributed by atoms with Crippen LogP contribution >= 0.6 is 0 Å². The first kappa shape index (κ1) is 17.3. The summed E-state index contributed by atoms with van der Waals surface area (Å²) >= 11 is 0. The Balaban J connectivity index is 1.65. The number of hydrogen-bond donors (Lipinski definition) is 1. The Kier molecular flexibility index (Phi) is 4.78. The maximum Gasteiger partial charge on any atom is 0.416 e. The molecule has 1 aromatic heterocycles. The molecule has 26 heavy (non-hydrogen) atoms. The summed E-state index contributed by atoms with van der Waals surface area (Å²) in [6.07, 6.45) is -0.289. The van der Waals surface area contributed by atoms with Crippen LogP contribution < -0.4 is 5.32 Å². The fraction of sp³-hybridized carbons (Fsp3) is 0.0588. The molecule has 0 fully saturated rings. The number of rotatable bonds is 4. The Morgan fingerprint density at radius 3 is 2.54 bits per heavy atom. The molecule has 132 valence electrons. The zero-order valence-electron chi connectivity index (χ0n) is 13.2. The average Bonchev–Trinajstić information content (AvgIpc) is 3.14. The van der Waals surface area contributed by atoms with Gasteiger partial charge in [0.15, 0.2) is 0 Å². The number of hydrogen-bond acceptors (Lipinski definition) is 4. The molecule has 0 aliphatic carbocycles. The maximum atomic E-state index is 12.5. The summed E-state index contributed by atoms with van der Waals surface area (Å²) in [4.78, 5) is 12.0. The van der Waals surface area contributed by atoms with E-state index in [4.69, 9.17) is 0 Å². The van der Waals surface area contributed by atoms with Gasteiger partial charge < -0.3 is 5.32 Å². The van der Waals surface area contributed by atoms with Crippen molar-refractivity contribution in [2.45, 2.75) is 6.18 Å². The van der Waals surface area contributed by atoms with Gasteiger partial charge in [-0.05, 0) is 52.4 Å². The molecular formula is C17H12F3N5O. The van der Waals surface area contributed by atoms with Crippen LogP contribution in [0.15, 0.2) is 60.9 Å². The summed E-state index contributed by atoms with van der Waals surface area (Å²) in [5, 5.41) is 13.5. The van der Waals surface area contributed by atoms with Crippen molar-refractivity contribution in [2.75, 3.05) is 5.32 Å². The topological polar surface area (TPSA) is 72.7 Å². The van der Waals surface area contributed by atoms with E-state index >= 15 is 0 Å². The summed E-state index contributed by atoms with van der Waals surface area (Å²) in [6, 6.07) is 11.4. The fourth-order valence-corrected chi connectivity index (χ4v) is 2.14. The number of nitrogens with one attached hydrogen (secondary N) is 1. The number of halogens is 3. The quantitative estimate of drug-likeness (QED) is 0.725. The van der Waals surface area contributed by atoms with Crippen molar-refractivity contribution in [1.82, 2.24) is 20.2 Å². The average molecular weight is 359 g/mol.